The van der Waals surface area contributed by atoms with Gasteiger partial charge in [0, 0.05) is 17.3 Å². The second kappa shape index (κ2) is 5.51. The lowest BCUT2D eigenvalue weighted by Gasteiger charge is -2.03. The first-order chi connectivity index (χ1) is 8.95. The zero-order chi connectivity index (χ0) is 13.9. The van der Waals surface area contributed by atoms with E-state index in [0.717, 1.165) is 16.2 Å². The maximum Gasteiger partial charge on any atom is 0.247 e. The minimum Gasteiger partial charge on any atom is -0.350 e. The van der Waals surface area contributed by atoms with Crippen molar-refractivity contribution in [3.63, 3.8) is 0 Å². The first kappa shape index (κ1) is 13.7. The van der Waals surface area contributed by atoms with Crippen LogP contribution < -0.4 is 10.5 Å². The average Bonchev–Trinajstić information content (AvgIpc) is 2.95. The van der Waals surface area contributed by atoms with E-state index in [0.29, 0.717) is 0 Å². The maximum atomic E-state index is 11.6. The van der Waals surface area contributed by atoms with Crippen molar-refractivity contribution in [2.24, 2.45) is 5.14 Å². The van der Waals surface area contributed by atoms with Crippen LogP contribution in [-0.2, 0) is 27.9 Å². The Morgan fingerprint density at radius 1 is 1.47 bits per heavy atom. The SMILES string of the molecule is NS(=O)(=O)c1ccc(CNC(=O)Cn2cccn2)s1. The molecule has 2 rings (SSSR count). The normalized spacial score (nSPS) is 11.4. The summed E-state index contributed by atoms with van der Waals surface area (Å²) >= 11 is 1.04. The summed E-state index contributed by atoms with van der Waals surface area (Å²) in [5.74, 6) is -0.200. The quantitative estimate of drug-likeness (QED) is 0.804. The summed E-state index contributed by atoms with van der Waals surface area (Å²) in [5, 5.41) is 11.6. The van der Waals surface area contributed by atoms with Gasteiger partial charge in [0.05, 0.1) is 6.54 Å². The van der Waals surface area contributed by atoms with Gasteiger partial charge in [-0.15, -0.1) is 11.3 Å². The molecular weight excluding hydrogens is 288 g/mol. The number of nitrogens with two attached hydrogens (primary N) is 1. The lowest BCUT2D eigenvalue weighted by molar-refractivity contribution is -0.122. The Hall–Kier alpha value is -1.71. The Labute approximate surface area is 114 Å². The molecule has 0 saturated heterocycles. The monoisotopic (exact) mass is 300 g/mol. The Bertz CT molecular complexity index is 661. The summed E-state index contributed by atoms with van der Waals surface area (Å²) in [6.45, 7) is 0.390. The number of primary sulfonamides is 1. The summed E-state index contributed by atoms with van der Waals surface area (Å²) in [6, 6.07) is 4.78. The van der Waals surface area contributed by atoms with Crippen LogP contribution in [0.4, 0.5) is 0 Å². The van der Waals surface area contributed by atoms with Crippen LogP contribution in [0, 0.1) is 0 Å². The zero-order valence-corrected chi connectivity index (χ0v) is 11.4. The summed E-state index contributed by atoms with van der Waals surface area (Å²) < 4.78 is 23.8. The highest BCUT2D eigenvalue weighted by molar-refractivity contribution is 7.91. The van der Waals surface area contributed by atoms with Gasteiger partial charge in [0.15, 0.2) is 0 Å². The summed E-state index contributed by atoms with van der Waals surface area (Å²) in [6.07, 6.45) is 3.27. The molecule has 0 aliphatic heterocycles. The molecule has 0 aliphatic rings. The van der Waals surface area contributed by atoms with Gasteiger partial charge >= 0.3 is 0 Å². The van der Waals surface area contributed by atoms with Crippen molar-refractivity contribution in [2.75, 3.05) is 0 Å². The fraction of sp³-hybridized carbons (Fsp3) is 0.200. The summed E-state index contributed by atoms with van der Waals surface area (Å²) in [4.78, 5) is 12.3. The molecule has 7 nitrogen and oxygen atoms in total. The molecule has 0 aromatic carbocycles. The van der Waals surface area contributed by atoms with E-state index in [-0.39, 0.29) is 23.2 Å². The summed E-state index contributed by atoms with van der Waals surface area (Å²) in [7, 11) is -3.67. The Morgan fingerprint density at radius 2 is 2.26 bits per heavy atom. The maximum absolute atomic E-state index is 11.6. The minimum absolute atomic E-state index is 0.0869. The lowest BCUT2D eigenvalue weighted by atomic mass is 10.4. The topological polar surface area (TPSA) is 107 Å². The predicted octanol–water partition coefficient (Wildman–Crippen LogP) is -0.0916. The van der Waals surface area contributed by atoms with Crippen molar-refractivity contribution in [1.82, 2.24) is 15.1 Å². The van der Waals surface area contributed by atoms with Crippen LogP contribution in [0.3, 0.4) is 0 Å². The molecule has 2 aromatic heterocycles. The molecule has 0 bridgehead atoms. The standard InChI is InChI=1S/C10H12N4O3S2/c11-19(16,17)10-3-2-8(18-10)6-12-9(15)7-14-5-1-4-13-14/h1-5H,6-7H2,(H,12,15)(H2,11,16,17). The number of carbonyl (C=O) groups excluding carboxylic acids is 1. The van der Waals surface area contributed by atoms with Gasteiger partial charge in [-0.3, -0.25) is 9.48 Å². The molecule has 0 spiro atoms. The molecule has 0 saturated carbocycles. The van der Waals surface area contributed by atoms with Crippen LogP contribution >= 0.6 is 11.3 Å². The molecular formula is C10H12N4O3S2. The number of nitrogens with zero attached hydrogens (tertiary/aromatic N) is 2. The highest BCUT2D eigenvalue weighted by Gasteiger charge is 2.11. The van der Waals surface area contributed by atoms with Crippen LogP contribution in [0.15, 0.2) is 34.8 Å². The molecule has 19 heavy (non-hydrogen) atoms. The third-order valence-electron chi connectivity index (χ3n) is 2.24. The molecule has 0 aliphatic carbocycles. The predicted molar refractivity (Wildman–Crippen MR) is 69.8 cm³/mol. The average molecular weight is 300 g/mol. The zero-order valence-electron chi connectivity index (χ0n) is 9.81. The molecule has 0 atom stereocenters. The number of carbonyl (C=O) groups is 1. The third-order valence-corrected chi connectivity index (χ3v) is 4.77. The Morgan fingerprint density at radius 3 is 2.84 bits per heavy atom. The molecule has 2 aromatic rings. The first-order valence-corrected chi connectivity index (χ1v) is 7.67. The van der Waals surface area contributed by atoms with E-state index in [4.69, 9.17) is 5.14 Å². The number of thiophene rings is 1. The number of sulfonamides is 1. The van der Waals surface area contributed by atoms with Crippen LogP contribution in [0.5, 0.6) is 0 Å². The van der Waals surface area contributed by atoms with E-state index >= 15 is 0 Å². The van der Waals surface area contributed by atoms with Gasteiger partial charge in [0.25, 0.3) is 0 Å². The second-order valence-electron chi connectivity index (χ2n) is 3.75. The largest absolute Gasteiger partial charge is 0.350 e. The van der Waals surface area contributed by atoms with Crippen LogP contribution in [0.2, 0.25) is 0 Å². The lowest BCUT2D eigenvalue weighted by Crippen LogP contribution is -2.26. The number of rotatable bonds is 5. The van der Waals surface area contributed by atoms with E-state index in [1.54, 1.807) is 24.5 Å². The number of aromatic nitrogens is 2. The van der Waals surface area contributed by atoms with Crippen LogP contribution in [0.25, 0.3) is 0 Å². The van der Waals surface area contributed by atoms with Crippen molar-refractivity contribution in [3.05, 3.63) is 35.5 Å². The smallest absolute Gasteiger partial charge is 0.247 e. The van der Waals surface area contributed by atoms with E-state index < -0.39 is 10.0 Å². The van der Waals surface area contributed by atoms with E-state index in [1.807, 2.05) is 0 Å². The van der Waals surface area contributed by atoms with Gasteiger partial charge in [0.1, 0.15) is 10.8 Å². The fourth-order valence-electron chi connectivity index (χ4n) is 1.39. The van der Waals surface area contributed by atoms with Gasteiger partial charge in [-0.2, -0.15) is 5.10 Å². The van der Waals surface area contributed by atoms with Crippen LogP contribution in [-0.4, -0.2) is 24.1 Å². The van der Waals surface area contributed by atoms with E-state index in [9.17, 15) is 13.2 Å². The molecule has 1 amide bonds. The van der Waals surface area contributed by atoms with Crippen molar-refractivity contribution in [2.45, 2.75) is 17.3 Å². The number of hydrogen-bond acceptors (Lipinski definition) is 5. The van der Waals surface area contributed by atoms with Gasteiger partial charge in [-0.25, -0.2) is 13.6 Å². The van der Waals surface area contributed by atoms with Gasteiger partial charge in [0.2, 0.25) is 15.9 Å². The van der Waals surface area contributed by atoms with Gasteiger partial charge in [-0.1, -0.05) is 0 Å². The Balaban J connectivity index is 1.89. The highest BCUT2D eigenvalue weighted by atomic mass is 32.2. The highest BCUT2D eigenvalue weighted by Crippen LogP contribution is 2.19. The van der Waals surface area contributed by atoms with Gasteiger partial charge in [-0.05, 0) is 18.2 Å². The van der Waals surface area contributed by atoms with E-state index in [2.05, 4.69) is 10.4 Å². The van der Waals surface area contributed by atoms with Crippen molar-refractivity contribution < 1.29 is 13.2 Å². The first-order valence-electron chi connectivity index (χ1n) is 5.31. The Kier molecular flexibility index (Phi) is 3.98. The van der Waals surface area contributed by atoms with Crippen molar-refractivity contribution in [3.8, 4) is 0 Å². The molecule has 102 valence electrons. The molecule has 0 radical (unpaired) electrons. The van der Waals surface area contributed by atoms with Crippen LogP contribution in [0.1, 0.15) is 4.88 Å². The fourth-order valence-corrected chi connectivity index (χ4v) is 3.11. The molecule has 2 heterocycles. The summed E-state index contributed by atoms with van der Waals surface area (Å²) in [5.41, 5.74) is 0. The number of nitrogens with one attached hydrogen (secondary N) is 1. The third kappa shape index (κ3) is 3.88. The molecule has 3 N–H and O–H groups in total. The van der Waals surface area contributed by atoms with Crippen molar-refractivity contribution >= 4 is 27.3 Å². The second-order valence-corrected chi connectivity index (χ2v) is 6.70. The van der Waals surface area contributed by atoms with Crippen molar-refractivity contribution in [1.29, 1.82) is 0 Å². The van der Waals surface area contributed by atoms with E-state index in [1.165, 1.54) is 10.7 Å². The molecule has 0 unspecified atom stereocenters. The number of amides is 1. The minimum atomic E-state index is -3.67. The number of hydrogen-bond donors (Lipinski definition) is 2. The van der Waals surface area contributed by atoms with Gasteiger partial charge < -0.3 is 5.32 Å². The molecule has 9 heteroatoms. The molecule has 0 fully saturated rings.